The summed E-state index contributed by atoms with van der Waals surface area (Å²) in [7, 11) is 0. The second-order valence-electron chi connectivity index (χ2n) is 13.9. The van der Waals surface area contributed by atoms with Crippen LogP contribution in [0.3, 0.4) is 0 Å². The third-order valence-corrected chi connectivity index (χ3v) is 10.6. The third-order valence-electron chi connectivity index (χ3n) is 10.6. The molecule has 0 aliphatic rings. The summed E-state index contributed by atoms with van der Waals surface area (Å²) in [4.78, 5) is 19.2. The van der Waals surface area contributed by atoms with Crippen LogP contribution in [0.5, 0.6) is 0 Å². The molecule has 0 unspecified atom stereocenters. The molecule has 3 heterocycles. The van der Waals surface area contributed by atoms with Crippen molar-refractivity contribution >= 4 is 54.3 Å². The molecule has 55 heavy (non-hydrogen) atoms. The van der Waals surface area contributed by atoms with Crippen LogP contribution in [0.2, 0.25) is 0 Å². The first-order valence-corrected chi connectivity index (χ1v) is 18.4. The first kappa shape index (κ1) is 31.1. The molecule has 0 spiro atoms. The zero-order valence-corrected chi connectivity index (χ0v) is 29.5. The van der Waals surface area contributed by atoms with Crippen LogP contribution in [0.4, 0.5) is 0 Å². The minimum atomic E-state index is 0.625. The molecule has 11 aromatic rings. The molecule has 0 radical (unpaired) electrons. The van der Waals surface area contributed by atoms with E-state index in [2.05, 4.69) is 126 Å². The van der Waals surface area contributed by atoms with E-state index in [0.717, 1.165) is 60.9 Å². The van der Waals surface area contributed by atoms with Crippen molar-refractivity contribution < 1.29 is 4.42 Å². The van der Waals surface area contributed by atoms with Crippen LogP contribution < -0.4 is 0 Å². The van der Waals surface area contributed by atoms with Gasteiger partial charge in [0.25, 0.3) is 0 Å². The molecule has 0 aliphatic heterocycles. The van der Waals surface area contributed by atoms with E-state index >= 15 is 0 Å². The van der Waals surface area contributed by atoms with Gasteiger partial charge in [-0.3, -0.25) is 4.98 Å². The average molecular weight is 703 g/mol. The maximum Gasteiger partial charge on any atom is 0.164 e. The van der Waals surface area contributed by atoms with Crippen molar-refractivity contribution in [2.24, 2.45) is 0 Å². The topological polar surface area (TPSA) is 64.7 Å². The molecular formula is C50H30N4O. The minimum absolute atomic E-state index is 0.625. The fraction of sp³-hybridized carbons (Fsp3) is 0. The number of rotatable bonds is 5. The predicted octanol–water partition coefficient (Wildman–Crippen LogP) is 13.0. The van der Waals surface area contributed by atoms with Gasteiger partial charge in [-0.2, -0.15) is 0 Å². The van der Waals surface area contributed by atoms with Crippen molar-refractivity contribution in [3.63, 3.8) is 0 Å². The molecule has 0 N–H and O–H groups in total. The molecule has 0 saturated carbocycles. The minimum Gasteiger partial charge on any atom is -0.456 e. The number of hydrogen-bond donors (Lipinski definition) is 0. The number of benzene rings is 8. The van der Waals surface area contributed by atoms with Gasteiger partial charge >= 0.3 is 0 Å². The summed E-state index contributed by atoms with van der Waals surface area (Å²) in [6.45, 7) is 0. The Hall–Kier alpha value is -7.50. The molecule has 0 aliphatic carbocycles. The zero-order chi connectivity index (χ0) is 36.3. The Balaban J connectivity index is 1.00. The first-order chi connectivity index (χ1) is 27.2. The summed E-state index contributed by atoms with van der Waals surface area (Å²) in [5.74, 6) is 1.89. The predicted molar refractivity (Wildman–Crippen MR) is 225 cm³/mol. The molecule has 8 aromatic carbocycles. The Morgan fingerprint density at radius 1 is 0.291 bits per heavy atom. The lowest BCUT2D eigenvalue weighted by Crippen LogP contribution is -2.00. The molecule has 0 amide bonds. The van der Waals surface area contributed by atoms with E-state index in [4.69, 9.17) is 19.4 Å². The summed E-state index contributed by atoms with van der Waals surface area (Å²) >= 11 is 0. The van der Waals surface area contributed by atoms with Crippen LogP contribution in [-0.2, 0) is 0 Å². The summed E-state index contributed by atoms with van der Waals surface area (Å²) in [5, 5.41) is 9.58. The van der Waals surface area contributed by atoms with Crippen molar-refractivity contribution in [3.05, 3.63) is 182 Å². The van der Waals surface area contributed by atoms with Gasteiger partial charge in [0.2, 0.25) is 0 Å². The quantitative estimate of drug-likeness (QED) is 0.167. The Morgan fingerprint density at radius 3 is 1.44 bits per heavy atom. The molecule has 256 valence electrons. The van der Waals surface area contributed by atoms with Gasteiger partial charge in [-0.15, -0.1) is 0 Å². The van der Waals surface area contributed by atoms with Gasteiger partial charge in [0.15, 0.2) is 17.5 Å². The summed E-state index contributed by atoms with van der Waals surface area (Å²) in [5.41, 5.74) is 9.02. The maximum absolute atomic E-state index is 6.30. The largest absolute Gasteiger partial charge is 0.456 e. The van der Waals surface area contributed by atoms with Crippen LogP contribution in [0, 0.1) is 0 Å². The fourth-order valence-corrected chi connectivity index (χ4v) is 7.86. The van der Waals surface area contributed by atoms with Gasteiger partial charge in [0.1, 0.15) is 11.2 Å². The standard InChI is InChI=1S/C50H30N4O/c1-2-9-33(10-3-1)48-52-49(54-50(53-48)35-22-18-32(19-23-35)37-11-8-26-51-30-37)34-20-16-31(17-21-34)36-24-25-40-42(27-36)38-12-4-5-13-39(38)44-29-47-45(28-43(40)44)41-14-6-7-15-46(41)55-47/h1-30H. The molecule has 0 fully saturated rings. The molecule has 0 atom stereocenters. The molecule has 0 saturated heterocycles. The fourth-order valence-electron chi connectivity index (χ4n) is 7.86. The van der Waals surface area contributed by atoms with Crippen molar-refractivity contribution in [2.45, 2.75) is 0 Å². The number of fused-ring (bicyclic) bond motifs is 9. The van der Waals surface area contributed by atoms with Crippen LogP contribution >= 0.6 is 0 Å². The van der Waals surface area contributed by atoms with E-state index in [1.165, 1.54) is 32.3 Å². The van der Waals surface area contributed by atoms with Gasteiger partial charge in [-0.1, -0.05) is 140 Å². The first-order valence-electron chi connectivity index (χ1n) is 18.4. The van der Waals surface area contributed by atoms with Crippen molar-refractivity contribution in [1.29, 1.82) is 0 Å². The number of pyridine rings is 1. The highest BCUT2D eigenvalue weighted by Crippen LogP contribution is 2.41. The molecule has 3 aromatic heterocycles. The number of furan rings is 1. The maximum atomic E-state index is 6.30. The van der Waals surface area contributed by atoms with Gasteiger partial charge in [-0.25, -0.2) is 15.0 Å². The van der Waals surface area contributed by atoms with E-state index in [-0.39, 0.29) is 0 Å². The lowest BCUT2D eigenvalue weighted by Gasteiger charge is -2.13. The average Bonchev–Trinajstić information content (AvgIpc) is 3.64. The van der Waals surface area contributed by atoms with Crippen molar-refractivity contribution in [1.82, 2.24) is 19.9 Å². The highest BCUT2D eigenvalue weighted by Gasteiger charge is 2.16. The van der Waals surface area contributed by atoms with E-state index in [1.54, 1.807) is 6.20 Å². The van der Waals surface area contributed by atoms with Crippen molar-refractivity contribution in [2.75, 3.05) is 0 Å². The van der Waals surface area contributed by atoms with Crippen LogP contribution in [0.25, 0.3) is 111 Å². The monoisotopic (exact) mass is 702 g/mol. The van der Waals surface area contributed by atoms with Crippen molar-refractivity contribution in [3.8, 4) is 56.4 Å². The Kier molecular flexibility index (Phi) is 7.10. The van der Waals surface area contributed by atoms with Crippen LogP contribution in [0.1, 0.15) is 0 Å². The van der Waals surface area contributed by atoms with Crippen LogP contribution in [-0.4, -0.2) is 19.9 Å². The number of para-hydroxylation sites is 1. The smallest absolute Gasteiger partial charge is 0.164 e. The van der Waals surface area contributed by atoms with Gasteiger partial charge in [0, 0.05) is 39.9 Å². The van der Waals surface area contributed by atoms with Gasteiger partial charge in [-0.05, 0) is 84.9 Å². The highest BCUT2D eigenvalue weighted by atomic mass is 16.3. The lowest BCUT2D eigenvalue weighted by atomic mass is 9.91. The second-order valence-corrected chi connectivity index (χ2v) is 13.9. The third kappa shape index (κ3) is 5.33. The van der Waals surface area contributed by atoms with E-state index in [9.17, 15) is 0 Å². The Labute approximate surface area is 316 Å². The number of aromatic nitrogens is 4. The summed E-state index contributed by atoms with van der Waals surface area (Å²) in [6.07, 6.45) is 3.65. The lowest BCUT2D eigenvalue weighted by molar-refractivity contribution is 0.669. The van der Waals surface area contributed by atoms with E-state index in [1.807, 2.05) is 54.7 Å². The number of nitrogens with zero attached hydrogens (tertiary/aromatic N) is 4. The summed E-state index contributed by atoms with van der Waals surface area (Å²) < 4.78 is 6.30. The Morgan fingerprint density at radius 2 is 0.782 bits per heavy atom. The second kappa shape index (κ2) is 12.6. The zero-order valence-electron chi connectivity index (χ0n) is 29.5. The van der Waals surface area contributed by atoms with Gasteiger partial charge in [0.05, 0.1) is 0 Å². The molecule has 11 rings (SSSR count). The molecule has 0 bridgehead atoms. The SMILES string of the molecule is c1ccc(-c2nc(-c3ccc(-c4cccnc4)cc3)nc(-c3ccc(-c4ccc5c(c4)c4ccccc4c4cc6oc7ccccc7c6cc54)cc3)n2)cc1. The highest BCUT2D eigenvalue weighted by molar-refractivity contribution is 6.28. The Bertz CT molecular complexity index is 3230. The van der Waals surface area contributed by atoms with E-state index < -0.39 is 0 Å². The number of hydrogen-bond acceptors (Lipinski definition) is 5. The molecule has 5 heteroatoms. The van der Waals surface area contributed by atoms with Crippen LogP contribution in [0.15, 0.2) is 187 Å². The molecule has 5 nitrogen and oxygen atoms in total. The van der Waals surface area contributed by atoms with Gasteiger partial charge < -0.3 is 4.42 Å². The normalized spacial score (nSPS) is 11.6. The van der Waals surface area contributed by atoms with E-state index in [0.29, 0.717) is 17.5 Å². The summed E-state index contributed by atoms with van der Waals surface area (Å²) in [6, 6.07) is 59.2. The molecular weight excluding hydrogens is 673 g/mol.